The van der Waals surface area contributed by atoms with E-state index in [1.807, 2.05) is 0 Å². The number of rotatable bonds is 5. The van der Waals surface area contributed by atoms with Crippen LogP contribution in [0.2, 0.25) is 0 Å². The highest BCUT2D eigenvalue weighted by atomic mass is 16.6. The van der Waals surface area contributed by atoms with Gasteiger partial charge in [0.2, 0.25) is 0 Å². The Bertz CT molecular complexity index is 869. The number of fused-ring (bicyclic) bond motifs is 1. The highest BCUT2D eigenvalue weighted by Gasteiger charge is 2.40. The summed E-state index contributed by atoms with van der Waals surface area (Å²) >= 11 is 0. The number of carbonyl (C=O) groups is 1. The Morgan fingerprint density at radius 2 is 1.77 bits per heavy atom. The third kappa shape index (κ3) is 4.46. The molecule has 4 rings (SSSR count). The third-order valence-corrected chi connectivity index (χ3v) is 6.38. The van der Waals surface area contributed by atoms with Gasteiger partial charge in [-0.2, -0.15) is 0 Å². The molecule has 30 heavy (non-hydrogen) atoms. The van der Waals surface area contributed by atoms with Gasteiger partial charge in [0.1, 0.15) is 18.0 Å². The maximum absolute atomic E-state index is 12.2. The van der Waals surface area contributed by atoms with Gasteiger partial charge in [0.05, 0.1) is 6.61 Å². The molecule has 5 heteroatoms. The molecule has 2 aromatic rings. The zero-order chi connectivity index (χ0) is 21.0. The summed E-state index contributed by atoms with van der Waals surface area (Å²) in [6.45, 7) is 4.24. The molecule has 1 saturated heterocycles. The molecule has 2 heterocycles. The zero-order valence-electron chi connectivity index (χ0n) is 18.0. The Labute approximate surface area is 178 Å². The maximum atomic E-state index is 12.2. The molecule has 0 bridgehead atoms. The molecule has 0 saturated carbocycles. The lowest BCUT2D eigenvalue weighted by molar-refractivity contribution is -0.0161. The van der Waals surface area contributed by atoms with Gasteiger partial charge in [0.15, 0.2) is 0 Å². The molecule has 2 aliphatic rings. The lowest BCUT2D eigenvalue weighted by Crippen LogP contribution is -2.51. The van der Waals surface area contributed by atoms with Crippen molar-refractivity contribution in [3.05, 3.63) is 53.6 Å². The summed E-state index contributed by atoms with van der Waals surface area (Å²) < 4.78 is 16.7. The van der Waals surface area contributed by atoms with Crippen LogP contribution in [0.1, 0.15) is 37.3 Å². The van der Waals surface area contributed by atoms with Crippen molar-refractivity contribution in [1.29, 1.82) is 0 Å². The van der Waals surface area contributed by atoms with Crippen LogP contribution in [0, 0.1) is 0 Å². The van der Waals surface area contributed by atoms with Gasteiger partial charge >= 0.3 is 6.09 Å². The number of likely N-dealkylation sites (tertiary alicyclic amines) is 1. The first-order valence-electron chi connectivity index (χ1n) is 10.9. The number of amides is 1. The number of ether oxygens (including phenoxy) is 3. The fraction of sp³-hybridized carbons (Fsp3) is 0.480. The van der Waals surface area contributed by atoms with Gasteiger partial charge in [0.25, 0.3) is 0 Å². The highest BCUT2D eigenvalue weighted by molar-refractivity contribution is 5.68. The Morgan fingerprint density at radius 3 is 2.47 bits per heavy atom. The summed E-state index contributed by atoms with van der Waals surface area (Å²) in [6.07, 6.45) is 4.48. The molecule has 1 amide bonds. The lowest BCUT2D eigenvalue weighted by Gasteiger charge is -2.44. The van der Waals surface area contributed by atoms with Crippen molar-refractivity contribution in [1.82, 2.24) is 4.90 Å². The van der Waals surface area contributed by atoms with Crippen molar-refractivity contribution < 1.29 is 19.0 Å². The number of methoxy groups -OCH3 is 1. The molecular formula is C25H31NO4. The maximum Gasteiger partial charge on any atom is 0.409 e. The highest BCUT2D eigenvalue weighted by Crippen LogP contribution is 2.40. The zero-order valence-corrected chi connectivity index (χ0v) is 18.0. The molecular weight excluding hydrogens is 378 g/mol. The summed E-state index contributed by atoms with van der Waals surface area (Å²) in [6, 6.07) is 15.3. The first-order chi connectivity index (χ1) is 14.6. The smallest absolute Gasteiger partial charge is 0.409 e. The van der Waals surface area contributed by atoms with E-state index in [0.29, 0.717) is 26.3 Å². The predicted octanol–water partition coefficient (Wildman–Crippen LogP) is 4.86. The van der Waals surface area contributed by atoms with Crippen LogP contribution in [-0.4, -0.2) is 50.0 Å². The van der Waals surface area contributed by atoms with E-state index in [0.717, 1.165) is 37.9 Å². The number of nitrogens with zero attached hydrogens (tertiary/aromatic N) is 1. The fourth-order valence-corrected chi connectivity index (χ4v) is 4.39. The standard InChI is InChI=1S/C25H31NO4/c1-3-19-4-6-20(7-5-19)21-8-9-23-22(18-21)10-11-25(30-23)12-14-26(15-13-25)24(27)29-17-16-28-2/h4-9,18H,3,10-17H2,1-2H3. The second kappa shape index (κ2) is 9.09. The largest absolute Gasteiger partial charge is 0.487 e. The van der Waals surface area contributed by atoms with Gasteiger partial charge < -0.3 is 19.1 Å². The van der Waals surface area contributed by atoms with E-state index < -0.39 is 0 Å². The number of carbonyl (C=O) groups excluding carboxylic acids is 1. The SMILES string of the molecule is CCc1ccc(-c2ccc3c(c2)CCC2(CCN(C(=O)OCCOC)CC2)O3)cc1. The first kappa shape index (κ1) is 20.7. The summed E-state index contributed by atoms with van der Waals surface area (Å²) in [5, 5.41) is 0. The molecule has 160 valence electrons. The monoisotopic (exact) mass is 409 g/mol. The second-order valence-electron chi connectivity index (χ2n) is 8.25. The summed E-state index contributed by atoms with van der Waals surface area (Å²) in [7, 11) is 1.60. The number of piperidine rings is 1. The Balaban J connectivity index is 1.39. The van der Waals surface area contributed by atoms with Gasteiger partial charge in [-0.25, -0.2) is 4.79 Å². The van der Waals surface area contributed by atoms with Crippen LogP contribution >= 0.6 is 0 Å². The minimum atomic E-state index is -0.253. The number of hydrogen-bond acceptors (Lipinski definition) is 4. The van der Waals surface area contributed by atoms with Crippen LogP contribution < -0.4 is 4.74 Å². The van der Waals surface area contributed by atoms with E-state index in [9.17, 15) is 4.79 Å². The molecule has 0 atom stereocenters. The van der Waals surface area contributed by atoms with Crippen LogP contribution in [0.3, 0.4) is 0 Å². The summed E-state index contributed by atoms with van der Waals surface area (Å²) in [5.41, 5.74) is 4.95. The van der Waals surface area contributed by atoms with E-state index in [1.54, 1.807) is 12.0 Å². The van der Waals surface area contributed by atoms with Gasteiger partial charge in [-0.15, -0.1) is 0 Å². The van der Waals surface area contributed by atoms with Crippen LogP contribution in [0.4, 0.5) is 4.79 Å². The molecule has 1 spiro atoms. The normalized spacial score (nSPS) is 17.3. The van der Waals surface area contributed by atoms with E-state index in [4.69, 9.17) is 14.2 Å². The Kier molecular flexibility index (Phi) is 6.28. The minimum Gasteiger partial charge on any atom is -0.487 e. The van der Waals surface area contributed by atoms with Crippen molar-refractivity contribution in [2.45, 2.75) is 44.6 Å². The molecule has 0 unspecified atom stereocenters. The van der Waals surface area contributed by atoms with Gasteiger partial charge in [-0.3, -0.25) is 0 Å². The number of benzene rings is 2. The van der Waals surface area contributed by atoms with Crippen LogP contribution in [0.15, 0.2) is 42.5 Å². The molecule has 0 aromatic heterocycles. The quantitative estimate of drug-likeness (QED) is 0.662. The molecule has 5 nitrogen and oxygen atoms in total. The molecule has 2 aromatic carbocycles. The average molecular weight is 410 g/mol. The molecule has 1 fully saturated rings. The molecule has 0 radical (unpaired) electrons. The number of aryl methyl sites for hydroxylation is 2. The van der Waals surface area contributed by atoms with Crippen molar-refractivity contribution in [2.75, 3.05) is 33.4 Å². The average Bonchev–Trinajstić information content (AvgIpc) is 2.79. The van der Waals surface area contributed by atoms with E-state index in [-0.39, 0.29) is 11.7 Å². The van der Waals surface area contributed by atoms with E-state index >= 15 is 0 Å². The van der Waals surface area contributed by atoms with Crippen LogP contribution in [0.5, 0.6) is 5.75 Å². The van der Waals surface area contributed by atoms with Crippen molar-refractivity contribution in [3.63, 3.8) is 0 Å². The third-order valence-electron chi connectivity index (χ3n) is 6.38. The van der Waals surface area contributed by atoms with Gasteiger partial charge in [-0.05, 0) is 53.6 Å². The van der Waals surface area contributed by atoms with Crippen molar-refractivity contribution in [3.8, 4) is 16.9 Å². The Hall–Kier alpha value is -2.53. The molecule has 2 aliphatic heterocycles. The first-order valence-corrected chi connectivity index (χ1v) is 10.9. The van der Waals surface area contributed by atoms with Crippen LogP contribution in [0.25, 0.3) is 11.1 Å². The molecule has 0 N–H and O–H groups in total. The minimum absolute atomic E-state index is 0.166. The summed E-state index contributed by atoms with van der Waals surface area (Å²) in [4.78, 5) is 13.9. The predicted molar refractivity (Wildman–Crippen MR) is 117 cm³/mol. The van der Waals surface area contributed by atoms with Gasteiger partial charge in [0, 0.05) is 33.0 Å². The second-order valence-corrected chi connectivity index (χ2v) is 8.25. The number of hydrogen-bond donors (Lipinski definition) is 0. The Morgan fingerprint density at radius 1 is 1.03 bits per heavy atom. The van der Waals surface area contributed by atoms with E-state index in [1.165, 1.54) is 22.3 Å². The van der Waals surface area contributed by atoms with Crippen molar-refractivity contribution in [2.24, 2.45) is 0 Å². The molecule has 0 aliphatic carbocycles. The fourth-order valence-electron chi connectivity index (χ4n) is 4.39. The topological polar surface area (TPSA) is 48.0 Å². The van der Waals surface area contributed by atoms with Gasteiger partial charge in [-0.1, -0.05) is 37.3 Å². The lowest BCUT2D eigenvalue weighted by atomic mass is 9.82. The van der Waals surface area contributed by atoms with Crippen molar-refractivity contribution >= 4 is 6.09 Å². The van der Waals surface area contributed by atoms with E-state index in [2.05, 4.69) is 49.4 Å². The summed E-state index contributed by atoms with van der Waals surface area (Å²) in [5.74, 6) is 0.992. The van der Waals surface area contributed by atoms with Crippen LogP contribution in [-0.2, 0) is 22.3 Å².